The lowest BCUT2D eigenvalue weighted by Gasteiger charge is -2.22. The number of hydrogen-bond donors (Lipinski definition) is 3. The fraction of sp³-hybridized carbons (Fsp3) is 0.200. The Morgan fingerprint density at radius 2 is 1.50 bits per heavy atom. The molecule has 34 heavy (non-hydrogen) atoms. The number of carbonyl (C=O) groups is 2. The summed E-state index contributed by atoms with van der Waals surface area (Å²) in [6.45, 7) is 5.22. The number of aryl methyl sites for hydroxylation is 1. The van der Waals surface area contributed by atoms with Crippen LogP contribution in [0.25, 0.3) is 0 Å². The Morgan fingerprint density at radius 3 is 2.12 bits per heavy atom. The SMILES string of the molecule is Cc1ccc(NC(=O)[C@@H](NC(=O)c2ccccc2)C(C)C)cc1S(=O)(=O)Nc1ccc(F)cc1. The smallest absolute Gasteiger partial charge is 0.262 e. The van der Waals surface area contributed by atoms with Gasteiger partial charge in [-0.1, -0.05) is 38.1 Å². The van der Waals surface area contributed by atoms with Crippen molar-refractivity contribution in [3.05, 3.63) is 89.7 Å². The largest absolute Gasteiger partial charge is 0.340 e. The molecule has 2 amide bonds. The van der Waals surface area contributed by atoms with Crippen molar-refractivity contribution in [2.24, 2.45) is 5.92 Å². The minimum absolute atomic E-state index is 0.0379. The van der Waals surface area contributed by atoms with Crippen LogP contribution in [0.1, 0.15) is 29.8 Å². The Kier molecular flexibility index (Phi) is 7.68. The van der Waals surface area contributed by atoms with Crippen molar-refractivity contribution >= 4 is 33.2 Å². The molecule has 3 aromatic carbocycles. The van der Waals surface area contributed by atoms with Gasteiger partial charge in [-0.25, -0.2) is 12.8 Å². The van der Waals surface area contributed by atoms with Gasteiger partial charge >= 0.3 is 0 Å². The van der Waals surface area contributed by atoms with Crippen LogP contribution in [0, 0.1) is 18.7 Å². The van der Waals surface area contributed by atoms with Gasteiger partial charge in [0.15, 0.2) is 0 Å². The molecule has 0 aromatic heterocycles. The lowest BCUT2D eigenvalue weighted by atomic mass is 10.0. The summed E-state index contributed by atoms with van der Waals surface area (Å²) < 4.78 is 41.4. The highest BCUT2D eigenvalue weighted by Crippen LogP contribution is 2.23. The molecule has 7 nitrogen and oxygen atoms in total. The maximum absolute atomic E-state index is 13.1. The molecule has 3 aromatic rings. The number of anilines is 2. The summed E-state index contributed by atoms with van der Waals surface area (Å²) in [5, 5.41) is 5.43. The topological polar surface area (TPSA) is 104 Å². The predicted molar refractivity (Wildman–Crippen MR) is 130 cm³/mol. The third-order valence-corrected chi connectivity index (χ3v) is 6.64. The van der Waals surface area contributed by atoms with E-state index in [1.54, 1.807) is 63.2 Å². The van der Waals surface area contributed by atoms with E-state index in [4.69, 9.17) is 0 Å². The van der Waals surface area contributed by atoms with Crippen LogP contribution in [0.3, 0.4) is 0 Å². The number of rotatable bonds is 8. The zero-order chi connectivity index (χ0) is 24.9. The van der Waals surface area contributed by atoms with Crippen molar-refractivity contribution in [1.29, 1.82) is 0 Å². The van der Waals surface area contributed by atoms with E-state index < -0.39 is 27.8 Å². The summed E-state index contributed by atoms with van der Waals surface area (Å²) in [6.07, 6.45) is 0. The molecule has 3 rings (SSSR count). The molecule has 0 radical (unpaired) electrons. The second-order valence-corrected chi connectivity index (χ2v) is 9.79. The van der Waals surface area contributed by atoms with Gasteiger partial charge in [0, 0.05) is 16.9 Å². The lowest BCUT2D eigenvalue weighted by molar-refractivity contribution is -0.118. The number of hydrogen-bond acceptors (Lipinski definition) is 4. The molecular formula is C25H26FN3O4S. The van der Waals surface area contributed by atoms with Gasteiger partial charge in [0.2, 0.25) is 5.91 Å². The van der Waals surface area contributed by atoms with E-state index in [2.05, 4.69) is 15.4 Å². The van der Waals surface area contributed by atoms with Gasteiger partial charge in [-0.3, -0.25) is 14.3 Å². The van der Waals surface area contributed by atoms with E-state index in [-0.39, 0.29) is 28.1 Å². The molecule has 0 aliphatic carbocycles. The Morgan fingerprint density at radius 1 is 0.882 bits per heavy atom. The number of amides is 2. The number of nitrogens with one attached hydrogen (secondary N) is 3. The molecule has 0 aliphatic heterocycles. The van der Waals surface area contributed by atoms with E-state index in [9.17, 15) is 22.4 Å². The fourth-order valence-electron chi connectivity index (χ4n) is 3.26. The van der Waals surface area contributed by atoms with Gasteiger partial charge < -0.3 is 10.6 Å². The van der Waals surface area contributed by atoms with Crippen LogP contribution in [0.4, 0.5) is 15.8 Å². The second-order valence-electron chi connectivity index (χ2n) is 8.14. The highest BCUT2D eigenvalue weighted by Gasteiger charge is 2.25. The molecule has 178 valence electrons. The number of sulfonamides is 1. The maximum atomic E-state index is 13.1. The number of carbonyl (C=O) groups excluding carboxylic acids is 2. The van der Waals surface area contributed by atoms with Crippen LogP contribution in [0.5, 0.6) is 0 Å². The first-order valence-corrected chi connectivity index (χ1v) is 12.1. The van der Waals surface area contributed by atoms with Gasteiger partial charge in [-0.05, 0) is 66.9 Å². The monoisotopic (exact) mass is 483 g/mol. The first-order valence-electron chi connectivity index (χ1n) is 10.6. The average Bonchev–Trinajstić information content (AvgIpc) is 2.80. The van der Waals surface area contributed by atoms with Crippen LogP contribution < -0.4 is 15.4 Å². The van der Waals surface area contributed by atoms with Crippen LogP contribution in [0.2, 0.25) is 0 Å². The van der Waals surface area contributed by atoms with Crippen molar-refractivity contribution in [3.8, 4) is 0 Å². The third-order valence-electron chi connectivity index (χ3n) is 5.11. The first-order chi connectivity index (χ1) is 16.1. The number of benzene rings is 3. The maximum Gasteiger partial charge on any atom is 0.262 e. The molecular weight excluding hydrogens is 457 g/mol. The van der Waals surface area contributed by atoms with Gasteiger partial charge in [-0.2, -0.15) is 0 Å². The molecule has 0 bridgehead atoms. The van der Waals surface area contributed by atoms with Crippen molar-refractivity contribution in [2.75, 3.05) is 10.0 Å². The van der Waals surface area contributed by atoms with Crippen molar-refractivity contribution < 1.29 is 22.4 Å². The minimum Gasteiger partial charge on any atom is -0.340 e. The van der Waals surface area contributed by atoms with Crippen LogP contribution in [-0.4, -0.2) is 26.3 Å². The number of halogens is 1. The molecule has 0 aliphatic rings. The van der Waals surface area contributed by atoms with Gasteiger partial charge in [-0.15, -0.1) is 0 Å². The summed E-state index contributed by atoms with van der Waals surface area (Å²) in [5.41, 5.74) is 1.36. The second kappa shape index (κ2) is 10.5. The van der Waals surface area contributed by atoms with Crippen molar-refractivity contribution in [1.82, 2.24) is 5.32 Å². The third kappa shape index (κ3) is 6.20. The molecule has 0 spiro atoms. The highest BCUT2D eigenvalue weighted by molar-refractivity contribution is 7.92. The van der Waals surface area contributed by atoms with E-state index in [1.165, 1.54) is 18.2 Å². The van der Waals surface area contributed by atoms with Gasteiger partial charge in [0.1, 0.15) is 11.9 Å². The summed E-state index contributed by atoms with van der Waals surface area (Å²) >= 11 is 0. The Bertz CT molecular complexity index is 1280. The van der Waals surface area contributed by atoms with Crippen molar-refractivity contribution in [2.45, 2.75) is 31.7 Å². The minimum atomic E-state index is -4.00. The normalized spacial score (nSPS) is 12.1. The van der Waals surface area contributed by atoms with E-state index >= 15 is 0 Å². The Labute approximate surface area is 198 Å². The standard InChI is InChI=1S/C25H26FN3O4S/c1-16(2)23(28-24(30)18-7-5-4-6-8-18)25(31)27-21-12-9-17(3)22(15-21)34(32,33)29-20-13-10-19(26)11-14-20/h4-16,23,29H,1-3H3,(H,27,31)(H,28,30)/t23-/m0/s1. The van der Waals surface area contributed by atoms with Gasteiger partial charge in [0.25, 0.3) is 15.9 Å². The molecule has 0 heterocycles. The van der Waals surface area contributed by atoms with E-state index in [0.29, 0.717) is 11.1 Å². The van der Waals surface area contributed by atoms with Crippen LogP contribution in [-0.2, 0) is 14.8 Å². The fourth-order valence-corrected chi connectivity index (χ4v) is 4.59. The molecule has 1 atom stereocenters. The molecule has 9 heteroatoms. The quantitative estimate of drug-likeness (QED) is 0.444. The zero-order valence-corrected chi connectivity index (χ0v) is 19.8. The zero-order valence-electron chi connectivity index (χ0n) is 19.0. The summed E-state index contributed by atoms with van der Waals surface area (Å²) in [6, 6.07) is 17.1. The first kappa shape index (κ1) is 24.9. The summed E-state index contributed by atoms with van der Waals surface area (Å²) in [7, 11) is -4.00. The highest BCUT2D eigenvalue weighted by atomic mass is 32.2. The Balaban J connectivity index is 1.79. The average molecular weight is 484 g/mol. The molecule has 0 fully saturated rings. The van der Waals surface area contributed by atoms with E-state index in [1.807, 2.05) is 0 Å². The Hall–Kier alpha value is -3.72. The lowest BCUT2D eigenvalue weighted by Crippen LogP contribution is -2.47. The van der Waals surface area contributed by atoms with Gasteiger partial charge in [0.05, 0.1) is 4.90 Å². The molecule has 0 saturated carbocycles. The van der Waals surface area contributed by atoms with Crippen LogP contribution in [0.15, 0.2) is 77.7 Å². The van der Waals surface area contributed by atoms with E-state index in [0.717, 1.165) is 12.1 Å². The predicted octanol–water partition coefficient (Wildman–Crippen LogP) is 4.33. The van der Waals surface area contributed by atoms with Crippen molar-refractivity contribution in [3.63, 3.8) is 0 Å². The molecule has 0 saturated heterocycles. The van der Waals surface area contributed by atoms with Crippen LogP contribution >= 0.6 is 0 Å². The summed E-state index contributed by atoms with van der Waals surface area (Å²) in [4.78, 5) is 25.5. The summed E-state index contributed by atoms with van der Waals surface area (Å²) in [5.74, 6) is -1.56. The molecule has 0 unspecified atom stereocenters. The molecule has 3 N–H and O–H groups in total.